The van der Waals surface area contributed by atoms with Crippen LogP contribution in [0.2, 0.25) is 0 Å². The molecule has 1 aliphatic rings. The van der Waals surface area contributed by atoms with Crippen LogP contribution in [0.25, 0.3) is 10.8 Å². The first-order valence-corrected chi connectivity index (χ1v) is 6.52. The molecule has 1 aromatic heterocycles. The van der Waals surface area contributed by atoms with Crippen LogP contribution >= 0.6 is 0 Å². The van der Waals surface area contributed by atoms with Crippen LogP contribution in [0.5, 0.6) is 0 Å². The zero-order valence-electron chi connectivity index (χ0n) is 10.8. The molecule has 1 saturated heterocycles. The highest BCUT2D eigenvalue weighted by Gasteiger charge is 2.32. The van der Waals surface area contributed by atoms with E-state index in [1.165, 1.54) is 0 Å². The Morgan fingerprint density at radius 3 is 3.00 bits per heavy atom. The molecule has 0 amide bonds. The maximum absolute atomic E-state index is 11.3. The number of hydrogen-bond donors (Lipinski definition) is 1. The molecular weight excluding hydrogens is 240 g/mol. The SMILES string of the molecule is Cc1cc2ccccc2c(N2CCCC2C(=O)O)n1. The lowest BCUT2D eigenvalue weighted by Gasteiger charge is -2.24. The van der Waals surface area contributed by atoms with Crippen LogP contribution in [0.15, 0.2) is 30.3 Å². The van der Waals surface area contributed by atoms with Gasteiger partial charge in [0.15, 0.2) is 0 Å². The Hall–Kier alpha value is -2.10. The van der Waals surface area contributed by atoms with E-state index in [1.54, 1.807) is 0 Å². The molecule has 3 rings (SSSR count). The summed E-state index contributed by atoms with van der Waals surface area (Å²) >= 11 is 0. The van der Waals surface area contributed by atoms with Crippen molar-refractivity contribution in [2.24, 2.45) is 0 Å². The number of carboxylic acid groups (broad SMARTS) is 1. The van der Waals surface area contributed by atoms with Gasteiger partial charge < -0.3 is 10.0 Å². The van der Waals surface area contributed by atoms with Crippen molar-refractivity contribution in [2.75, 3.05) is 11.4 Å². The van der Waals surface area contributed by atoms with Gasteiger partial charge >= 0.3 is 5.97 Å². The highest BCUT2D eigenvalue weighted by Crippen LogP contribution is 2.31. The third-order valence-electron chi connectivity index (χ3n) is 3.66. The van der Waals surface area contributed by atoms with Crippen LogP contribution < -0.4 is 4.90 Å². The zero-order valence-corrected chi connectivity index (χ0v) is 10.8. The summed E-state index contributed by atoms with van der Waals surface area (Å²) in [5, 5.41) is 11.5. The molecule has 2 heterocycles. The first-order valence-electron chi connectivity index (χ1n) is 6.52. The summed E-state index contributed by atoms with van der Waals surface area (Å²) in [6, 6.07) is 9.59. The van der Waals surface area contributed by atoms with Crippen molar-refractivity contribution in [3.63, 3.8) is 0 Å². The Kier molecular flexibility index (Phi) is 2.85. The van der Waals surface area contributed by atoms with Crippen LogP contribution in [0.1, 0.15) is 18.5 Å². The van der Waals surface area contributed by atoms with Gasteiger partial charge in [-0.3, -0.25) is 0 Å². The van der Waals surface area contributed by atoms with E-state index in [-0.39, 0.29) is 0 Å². The number of fused-ring (bicyclic) bond motifs is 1. The lowest BCUT2D eigenvalue weighted by Crippen LogP contribution is -2.36. The Morgan fingerprint density at radius 2 is 2.21 bits per heavy atom. The van der Waals surface area contributed by atoms with Crippen LogP contribution in [0, 0.1) is 6.92 Å². The van der Waals surface area contributed by atoms with E-state index in [2.05, 4.69) is 4.98 Å². The molecule has 0 bridgehead atoms. The van der Waals surface area contributed by atoms with Crippen molar-refractivity contribution in [2.45, 2.75) is 25.8 Å². The largest absolute Gasteiger partial charge is 0.480 e. The molecule has 4 nitrogen and oxygen atoms in total. The summed E-state index contributed by atoms with van der Waals surface area (Å²) in [5.74, 6) is 0.0467. The third-order valence-corrected chi connectivity index (χ3v) is 3.66. The van der Waals surface area contributed by atoms with Gasteiger partial charge in [0.2, 0.25) is 0 Å². The summed E-state index contributed by atoms with van der Waals surface area (Å²) in [4.78, 5) is 17.8. The van der Waals surface area contributed by atoms with Gasteiger partial charge in [0.05, 0.1) is 0 Å². The number of hydrogen-bond acceptors (Lipinski definition) is 3. The van der Waals surface area contributed by atoms with Crippen molar-refractivity contribution in [3.05, 3.63) is 36.0 Å². The van der Waals surface area contributed by atoms with Crippen molar-refractivity contribution in [1.29, 1.82) is 0 Å². The summed E-state index contributed by atoms with van der Waals surface area (Å²) in [7, 11) is 0. The van der Waals surface area contributed by atoms with Gasteiger partial charge in [-0.25, -0.2) is 9.78 Å². The minimum absolute atomic E-state index is 0.447. The first-order chi connectivity index (χ1) is 9.16. The fourth-order valence-electron chi connectivity index (χ4n) is 2.81. The van der Waals surface area contributed by atoms with E-state index in [4.69, 9.17) is 0 Å². The molecule has 1 aliphatic heterocycles. The average Bonchev–Trinajstić information content (AvgIpc) is 2.86. The molecule has 0 spiro atoms. The molecule has 1 unspecified atom stereocenters. The average molecular weight is 256 g/mol. The van der Waals surface area contributed by atoms with E-state index >= 15 is 0 Å². The molecule has 2 aromatic rings. The van der Waals surface area contributed by atoms with E-state index in [9.17, 15) is 9.90 Å². The lowest BCUT2D eigenvalue weighted by molar-refractivity contribution is -0.138. The standard InChI is InChI=1S/C15H16N2O2/c1-10-9-11-5-2-3-6-12(11)14(16-10)17-8-4-7-13(17)15(18)19/h2-3,5-6,9,13H,4,7-8H2,1H3,(H,18,19). The second-order valence-corrected chi connectivity index (χ2v) is 5.00. The number of nitrogens with zero attached hydrogens (tertiary/aromatic N) is 2. The lowest BCUT2D eigenvalue weighted by atomic mass is 10.1. The number of anilines is 1. The zero-order chi connectivity index (χ0) is 13.4. The van der Waals surface area contributed by atoms with Gasteiger partial charge in [-0.15, -0.1) is 0 Å². The Balaban J connectivity index is 2.16. The highest BCUT2D eigenvalue weighted by molar-refractivity contribution is 5.94. The predicted molar refractivity (Wildman–Crippen MR) is 74.5 cm³/mol. The summed E-state index contributed by atoms with van der Waals surface area (Å²) < 4.78 is 0. The van der Waals surface area contributed by atoms with Gasteiger partial charge in [-0.1, -0.05) is 24.3 Å². The second-order valence-electron chi connectivity index (χ2n) is 5.00. The normalized spacial score (nSPS) is 19.0. The van der Waals surface area contributed by atoms with Crippen LogP contribution in [0.4, 0.5) is 5.82 Å². The van der Waals surface area contributed by atoms with Crippen molar-refractivity contribution in [1.82, 2.24) is 4.98 Å². The molecule has 0 aliphatic carbocycles. The van der Waals surface area contributed by atoms with E-state index in [0.29, 0.717) is 6.42 Å². The Bertz CT molecular complexity index is 639. The third kappa shape index (κ3) is 2.03. The topological polar surface area (TPSA) is 53.4 Å². The molecule has 1 fully saturated rings. The quantitative estimate of drug-likeness (QED) is 0.897. The van der Waals surface area contributed by atoms with Crippen LogP contribution in [0.3, 0.4) is 0 Å². The molecule has 98 valence electrons. The van der Waals surface area contributed by atoms with Crippen LogP contribution in [-0.4, -0.2) is 28.6 Å². The number of carboxylic acids is 1. The summed E-state index contributed by atoms with van der Waals surface area (Å²) in [5.41, 5.74) is 0.921. The van der Waals surface area contributed by atoms with Gasteiger partial charge in [0, 0.05) is 17.6 Å². The number of aryl methyl sites for hydroxylation is 1. The second kappa shape index (κ2) is 4.53. The smallest absolute Gasteiger partial charge is 0.326 e. The van der Waals surface area contributed by atoms with Gasteiger partial charge in [-0.05, 0) is 31.2 Å². The number of benzene rings is 1. The molecule has 1 aromatic carbocycles. The molecule has 0 radical (unpaired) electrons. The predicted octanol–water partition coefficient (Wildman–Crippen LogP) is 2.60. The van der Waals surface area contributed by atoms with Crippen LogP contribution in [-0.2, 0) is 4.79 Å². The summed E-state index contributed by atoms with van der Waals surface area (Å²) in [6.07, 6.45) is 1.60. The minimum atomic E-state index is -0.759. The fourth-order valence-corrected chi connectivity index (χ4v) is 2.81. The van der Waals surface area contributed by atoms with Crippen molar-refractivity contribution in [3.8, 4) is 0 Å². The number of rotatable bonds is 2. The van der Waals surface area contributed by atoms with Crippen molar-refractivity contribution >= 4 is 22.6 Å². The van der Waals surface area contributed by atoms with Gasteiger partial charge in [0.25, 0.3) is 0 Å². The molecular formula is C15H16N2O2. The summed E-state index contributed by atoms with van der Waals surface area (Å²) in [6.45, 7) is 2.71. The first kappa shape index (κ1) is 12.0. The monoisotopic (exact) mass is 256 g/mol. The maximum Gasteiger partial charge on any atom is 0.326 e. The van der Waals surface area contributed by atoms with E-state index in [0.717, 1.165) is 35.2 Å². The number of carbonyl (C=O) groups is 1. The number of pyridine rings is 1. The Labute approximate surface area is 111 Å². The van der Waals surface area contributed by atoms with Crippen molar-refractivity contribution < 1.29 is 9.90 Å². The highest BCUT2D eigenvalue weighted by atomic mass is 16.4. The van der Waals surface area contributed by atoms with E-state index < -0.39 is 12.0 Å². The van der Waals surface area contributed by atoms with Gasteiger partial charge in [0.1, 0.15) is 11.9 Å². The molecule has 1 atom stereocenters. The minimum Gasteiger partial charge on any atom is -0.480 e. The maximum atomic E-state index is 11.3. The molecule has 4 heteroatoms. The van der Waals surface area contributed by atoms with E-state index in [1.807, 2.05) is 42.2 Å². The van der Waals surface area contributed by atoms with Gasteiger partial charge in [-0.2, -0.15) is 0 Å². The number of aromatic nitrogens is 1. The number of aliphatic carboxylic acids is 1. The molecule has 0 saturated carbocycles. The molecule has 19 heavy (non-hydrogen) atoms. The fraction of sp³-hybridized carbons (Fsp3) is 0.333. The molecule has 1 N–H and O–H groups in total. The Morgan fingerprint density at radius 1 is 1.42 bits per heavy atom.